The van der Waals surface area contributed by atoms with E-state index in [0.717, 1.165) is 19.4 Å². The maximum atomic E-state index is 11.9. The summed E-state index contributed by atoms with van der Waals surface area (Å²) in [6.45, 7) is 1.47. The number of nitro benzene ring substituents is 1. The van der Waals surface area contributed by atoms with Gasteiger partial charge in [0.05, 0.1) is 10.5 Å². The van der Waals surface area contributed by atoms with Gasteiger partial charge in [-0.25, -0.2) is 0 Å². The molecule has 0 aliphatic rings. The van der Waals surface area contributed by atoms with E-state index in [1.807, 2.05) is 14.1 Å². The zero-order valence-electron chi connectivity index (χ0n) is 11.6. The van der Waals surface area contributed by atoms with Crippen molar-refractivity contribution in [3.05, 3.63) is 38.9 Å². The van der Waals surface area contributed by atoms with E-state index in [1.165, 1.54) is 18.2 Å². The fourth-order valence-corrected chi connectivity index (χ4v) is 1.97. The standard InChI is InChI=1S/C13H18ClN3O3/c1-16(2)9-4-3-8-15-13(18)10-6-5-7-11(12(10)14)17(19)20/h5-7H,3-4,8-9H2,1-2H3,(H,15,18). The van der Waals surface area contributed by atoms with E-state index in [9.17, 15) is 14.9 Å². The van der Waals surface area contributed by atoms with Gasteiger partial charge in [-0.05, 0) is 39.5 Å². The summed E-state index contributed by atoms with van der Waals surface area (Å²) in [7, 11) is 3.98. The zero-order valence-corrected chi connectivity index (χ0v) is 12.3. The van der Waals surface area contributed by atoms with E-state index in [2.05, 4.69) is 10.2 Å². The molecule has 20 heavy (non-hydrogen) atoms. The largest absolute Gasteiger partial charge is 0.352 e. The Morgan fingerprint density at radius 3 is 2.70 bits per heavy atom. The number of nitrogens with zero attached hydrogens (tertiary/aromatic N) is 2. The number of amides is 1. The van der Waals surface area contributed by atoms with E-state index < -0.39 is 4.92 Å². The molecule has 0 aliphatic heterocycles. The highest BCUT2D eigenvalue weighted by Gasteiger charge is 2.19. The van der Waals surface area contributed by atoms with Crippen LogP contribution in [0, 0.1) is 10.1 Å². The summed E-state index contributed by atoms with van der Waals surface area (Å²) in [5, 5.41) is 13.3. The lowest BCUT2D eigenvalue weighted by atomic mass is 10.2. The molecule has 0 saturated carbocycles. The molecule has 1 aromatic rings. The van der Waals surface area contributed by atoms with Gasteiger partial charge < -0.3 is 10.2 Å². The summed E-state index contributed by atoms with van der Waals surface area (Å²) in [4.78, 5) is 24.1. The maximum Gasteiger partial charge on any atom is 0.288 e. The summed E-state index contributed by atoms with van der Waals surface area (Å²) in [5.74, 6) is -0.386. The second-order valence-electron chi connectivity index (χ2n) is 4.66. The number of rotatable bonds is 7. The number of benzene rings is 1. The van der Waals surface area contributed by atoms with Crippen molar-refractivity contribution in [2.45, 2.75) is 12.8 Å². The number of hydrogen-bond acceptors (Lipinski definition) is 4. The first-order chi connectivity index (χ1) is 9.43. The number of nitrogens with one attached hydrogen (secondary N) is 1. The molecule has 0 bridgehead atoms. The van der Waals surface area contributed by atoms with Gasteiger partial charge in [-0.2, -0.15) is 0 Å². The molecule has 1 N–H and O–H groups in total. The second-order valence-corrected chi connectivity index (χ2v) is 5.04. The second kappa shape index (κ2) is 7.81. The summed E-state index contributed by atoms with van der Waals surface area (Å²) in [6, 6.07) is 4.20. The van der Waals surface area contributed by atoms with Crippen molar-refractivity contribution in [2.24, 2.45) is 0 Å². The monoisotopic (exact) mass is 299 g/mol. The van der Waals surface area contributed by atoms with Crippen LogP contribution in [0.4, 0.5) is 5.69 Å². The molecule has 0 spiro atoms. The van der Waals surface area contributed by atoms with E-state index in [1.54, 1.807) is 0 Å². The average molecular weight is 300 g/mol. The van der Waals surface area contributed by atoms with Crippen molar-refractivity contribution in [3.8, 4) is 0 Å². The van der Waals surface area contributed by atoms with Crippen LogP contribution in [-0.2, 0) is 0 Å². The molecular weight excluding hydrogens is 282 g/mol. The number of unbranched alkanes of at least 4 members (excludes halogenated alkanes) is 1. The topological polar surface area (TPSA) is 75.5 Å². The molecule has 1 aromatic carbocycles. The predicted octanol–water partition coefficient (Wildman–Crippen LogP) is 2.32. The lowest BCUT2D eigenvalue weighted by Gasteiger charge is -2.10. The SMILES string of the molecule is CN(C)CCCCNC(=O)c1cccc([N+](=O)[O-])c1Cl. The van der Waals surface area contributed by atoms with Crippen LogP contribution in [-0.4, -0.2) is 42.9 Å². The molecule has 0 aromatic heterocycles. The number of halogens is 1. The van der Waals surface area contributed by atoms with Gasteiger partial charge in [-0.15, -0.1) is 0 Å². The Balaban J connectivity index is 2.56. The van der Waals surface area contributed by atoms with Crippen molar-refractivity contribution < 1.29 is 9.72 Å². The van der Waals surface area contributed by atoms with Crippen LogP contribution in [0.2, 0.25) is 5.02 Å². The van der Waals surface area contributed by atoms with Gasteiger partial charge in [0.1, 0.15) is 5.02 Å². The molecule has 7 heteroatoms. The minimum atomic E-state index is -0.601. The van der Waals surface area contributed by atoms with Gasteiger partial charge in [-0.1, -0.05) is 17.7 Å². The first-order valence-corrected chi connectivity index (χ1v) is 6.67. The molecule has 1 amide bonds. The lowest BCUT2D eigenvalue weighted by Crippen LogP contribution is -2.25. The highest BCUT2D eigenvalue weighted by atomic mass is 35.5. The van der Waals surface area contributed by atoms with Crippen molar-refractivity contribution in [3.63, 3.8) is 0 Å². The van der Waals surface area contributed by atoms with Crippen LogP contribution >= 0.6 is 11.6 Å². The van der Waals surface area contributed by atoms with Gasteiger partial charge in [0.2, 0.25) is 0 Å². The van der Waals surface area contributed by atoms with Crippen LogP contribution in [0.3, 0.4) is 0 Å². The summed E-state index contributed by atoms with van der Waals surface area (Å²) < 4.78 is 0. The molecule has 0 radical (unpaired) electrons. The van der Waals surface area contributed by atoms with Crippen LogP contribution in [0.15, 0.2) is 18.2 Å². The third-order valence-electron chi connectivity index (χ3n) is 2.74. The Hall–Kier alpha value is -1.66. The van der Waals surface area contributed by atoms with E-state index in [0.29, 0.717) is 6.54 Å². The summed E-state index contributed by atoms with van der Waals surface area (Å²) in [5.41, 5.74) is -0.125. The van der Waals surface area contributed by atoms with Crippen LogP contribution in [0.5, 0.6) is 0 Å². The Kier molecular flexibility index (Phi) is 6.41. The molecule has 110 valence electrons. The molecule has 1 rings (SSSR count). The highest BCUT2D eigenvalue weighted by Crippen LogP contribution is 2.27. The fraction of sp³-hybridized carbons (Fsp3) is 0.462. The minimum absolute atomic E-state index is 0.122. The van der Waals surface area contributed by atoms with Crippen molar-refractivity contribution in [1.82, 2.24) is 10.2 Å². The highest BCUT2D eigenvalue weighted by molar-refractivity contribution is 6.35. The van der Waals surface area contributed by atoms with Crippen molar-refractivity contribution in [2.75, 3.05) is 27.2 Å². The van der Waals surface area contributed by atoms with E-state index in [-0.39, 0.29) is 22.2 Å². The van der Waals surface area contributed by atoms with Crippen LogP contribution in [0.25, 0.3) is 0 Å². The first kappa shape index (κ1) is 16.4. The predicted molar refractivity (Wildman–Crippen MR) is 78.2 cm³/mol. The molecule has 0 unspecified atom stereocenters. The molecule has 6 nitrogen and oxygen atoms in total. The molecule has 0 heterocycles. The van der Waals surface area contributed by atoms with Gasteiger partial charge >= 0.3 is 0 Å². The smallest absolute Gasteiger partial charge is 0.288 e. The zero-order chi connectivity index (χ0) is 15.1. The Morgan fingerprint density at radius 1 is 1.40 bits per heavy atom. The lowest BCUT2D eigenvalue weighted by molar-refractivity contribution is -0.384. The third-order valence-corrected chi connectivity index (χ3v) is 3.13. The van der Waals surface area contributed by atoms with Gasteiger partial charge in [0.15, 0.2) is 0 Å². The maximum absolute atomic E-state index is 11.9. The third kappa shape index (κ3) is 4.79. The average Bonchev–Trinajstić information content (AvgIpc) is 2.37. The van der Waals surface area contributed by atoms with E-state index in [4.69, 9.17) is 11.6 Å². The number of hydrogen-bond donors (Lipinski definition) is 1. The Bertz CT molecular complexity index is 492. The molecular formula is C13H18ClN3O3. The molecule has 0 fully saturated rings. The van der Waals surface area contributed by atoms with Crippen molar-refractivity contribution >= 4 is 23.2 Å². The fourth-order valence-electron chi connectivity index (χ4n) is 1.69. The number of nitro groups is 1. The number of carbonyl (C=O) groups excluding carboxylic acids is 1. The van der Waals surface area contributed by atoms with E-state index >= 15 is 0 Å². The first-order valence-electron chi connectivity index (χ1n) is 6.29. The quantitative estimate of drug-likeness (QED) is 0.476. The Morgan fingerprint density at radius 2 is 2.10 bits per heavy atom. The molecule has 0 atom stereocenters. The van der Waals surface area contributed by atoms with Crippen molar-refractivity contribution in [1.29, 1.82) is 0 Å². The summed E-state index contributed by atoms with van der Waals surface area (Å²) >= 11 is 5.87. The van der Waals surface area contributed by atoms with Gasteiger partial charge in [0, 0.05) is 12.6 Å². The molecule has 0 saturated heterocycles. The van der Waals surface area contributed by atoms with Crippen LogP contribution in [0.1, 0.15) is 23.2 Å². The normalized spacial score (nSPS) is 10.6. The van der Waals surface area contributed by atoms with Gasteiger partial charge in [0.25, 0.3) is 11.6 Å². The van der Waals surface area contributed by atoms with Gasteiger partial charge in [-0.3, -0.25) is 14.9 Å². The Labute approximate surface area is 122 Å². The molecule has 0 aliphatic carbocycles. The minimum Gasteiger partial charge on any atom is -0.352 e. The van der Waals surface area contributed by atoms with Crippen LogP contribution < -0.4 is 5.32 Å². The summed E-state index contributed by atoms with van der Waals surface area (Å²) in [6.07, 6.45) is 1.81. The number of carbonyl (C=O) groups is 1.